The van der Waals surface area contributed by atoms with Gasteiger partial charge in [-0.05, 0) is 33.7 Å². The first kappa shape index (κ1) is 17.4. The van der Waals surface area contributed by atoms with Crippen molar-refractivity contribution < 1.29 is 14.1 Å². The molecule has 0 spiro atoms. The van der Waals surface area contributed by atoms with Crippen LogP contribution in [-0.2, 0) is 20.7 Å². The molecule has 2 aliphatic heterocycles. The molecule has 2 N–H and O–H groups in total. The highest BCUT2D eigenvalue weighted by atomic mass is 127. The number of carbonyl (C=O) groups excluding carboxylic acids is 1. The number of ether oxygens (including phenoxy) is 1. The second kappa shape index (κ2) is 8.11. The highest BCUT2D eigenvalue weighted by Gasteiger charge is 2.33. The number of hydrogen-bond acceptors (Lipinski definition) is 5. The molecule has 1 aromatic rings. The standard InChI is InChI=1S/C16H17IN3O3P/c1-11-7-13(9-23-24-17)20-14(16(21)18-10-19-20)15(11)22-8-12-5-3-2-4-6-12/h2-7,19,24H,1,8-10H2,(H,18,21). The molecular formula is C16H17IN3O3P. The minimum atomic E-state index is -0.194. The zero-order valence-corrected chi connectivity index (χ0v) is 16.0. The Kier molecular flexibility index (Phi) is 5.89. The number of halogens is 1. The number of allylic oxidation sites excluding steroid dienone is 1. The van der Waals surface area contributed by atoms with E-state index in [9.17, 15) is 4.79 Å². The third-order valence-electron chi connectivity index (χ3n) is 3.56. The fraction of sp³-hybridized carbons (Fsp3) is 0.188. The number of hydrazine groups is 1. The number of hydrogen-bond donors (Lipinski definition) is 2. The molecule has 1 fully saturated rings. The van der Waals surface area contributed by atoms with Crippen molar-refractivity contribution in [3.63, 3.8) is 0 Å². The summed E-state index contributed by atoms with van der Waals surface area (Å²) in [7, 11) is 0. The van der Waals surface area contributed by atoms with Crippen molar-refractivity contribution in [2.75, 3.05) is 13.3 Å². The summed E-state index contributed by atoms with van der Waals surface area (Å²) in [5.74, 6) is 0.282. The van der Waals surface area contributed by atoms with Crippen molar-refractivity contribution in [1.29, 1.82) is 0 Å². The second-order valence-electron chi connectivity index (χ2n) is 5.15. The van der Waals surface area contributed by atoms with Gasteiger partial charge in [-0.3, -0.25) is 9.80 Å². The van der Waals surface area contributed by atoms with E-state index in [1.807, 2.05) is 36.4 Å². The van der Waals surface area contributed by atoms with Gasteiger partial charge in [0.15, 0.2) is 11.5 Å². The summed E-state index contributed by atoms with van der Waals surface area (Å²) >= 11 is 2.17. The van der Waals surface area contributed by atoms with Gasteiger partial charge in [0.2, 0.25) is 0 Å². The molecule has 0 bridgehead atoms. The maximum Gasteiger partial charge on any atom is 0.274 e. The molecular weight excluding hydrogens is 440 g/mol. The van der Waals surface area contributed by atoms with E-state index in [0.29, 0.717) is 43.4 Å². The number of amides is 1. The zero-order chi connectivity index (χ0) is 16.9. The van der Waals surface area contributed by atoms with E-state index in [1.54, 1.807) is 5.01 Å². The second-order valence-corrected chi connectivity index (χ2v) is 6.92. The minimum absolute atomic E-state index is 0.194. The lowest BCUT2D eigenvalue weighted by Crippen LogP contribution is -2.55. The van der Waals surface area contributed by atoms with Crippen molar-refractivity contribution in [2.24, 2.45) is 0 Å². The molecule has 0 saturated carbocycles. The van der Waals surface area contributed by atoms with Crippen molar-refractivity contribution >= 4 is 34.4 Å². The lowest BCUT2D eigenvalue weighted by atomic mass is 10.1. The first-order chi connectivity index (χ1) is 11.7. The van der Waals surface area contributed by atoms with Crippen LogP contribution in [0.5, 0.6) is 0 Å². The Hall–Kier alpha value is -1.41. The number of carbonyl (C=O) groups is 1. The van der Waals surface area contributed by atoms with Gasteiger partial charge in [-0.15, -0.1) is 0 Å². The SMILES string of the molecule is C=C1C=C(COPI)N2NCNC(=O)C2=C1OCc1ccccc1. The summed E-state index contributed by atoms with van der Waals surface area (Å²) in [5, 5.41) is 4.49. The summed E-state index contributed by atoms with van der Waals surface area (Å²) < 4.78 is 11.4. The molecule has 0 aromatic heterocycles. The van der Waals surface area contributed by atoms with Crippen LogP contribution in [0.15, 0.2) is 65.7 Å². The molecule has 1 amide bonds. The summed E-state index contributed by atoms with van der Waals surface area (Å²) in [6, 6.07) is 9.81. The molecule has 126 valence electrons. The fourth-order valence-corrected chi connectivity index (χ4v) is 3.16. The summed E-state index contributed by atoms with van der Waals surface area (Å²) in [6.45, 7) is 5.51. The van der Waals surface area contributed by atoms with Gasteiger partial charge in [0, 0.05) is 5.57 Å². The lowest BCUT2D eigenvalue weighted by molar-refractivity contribution is -0.121. The Balaban J connectivity index is 1.85. The summed E-state index contributed by atoms with van der Waals surface area (Å²) in [6.07, 6.45) is 1.88. The zero-order valence-electron chi connectivity index (χ0n) is 12.8. The van der Waals surface area contributed by atoms with E-state index in [-0.39, 0.29) is 5.91 Å². The van der Waals surface area contributed by atoms with Crippen LogP contribution in [0.3, 0.4) is 0 Å². The van der Waals surface area contributed by atoms with Gasteiger partial charge >= 0.3 is 0 Å². The lowest BCUT2D eigenvalue weighted by Gasteiger charge is -2.37. The predicted octanol–water partition coefficient (Wildman–Crippen LogP) is 2.72. The monoisotopic (exact) mass is 457 g/mol. The largest absolute Gasteiger partial charge is 0.486 e. The normalized spacial score (nSPS) is 17.9. The van der Waals surface area contributed by atoms with Gasteiger partial charge < -0.3 is 14.6 Å². The van der Waals surface area contributed by atoms with Crippen LogP contribution in [0.4, 0.5) is 0 Å². The first-order valence-electron chi connectivity index (χ1n) is 7.31. The Bertz CT molecular complexity index is 706. The van der Waals surface area contributed by atoms with E-state index in [2.05, 4.69) is 39.4 Å². The van der Waals surface area contributed by atoms with E-state index in [4.69, 9.17) is 9.26 Å². The first-order valence-corrected chi connectivity index (χ1v) is 11.3. The van der Waals surface area contributed by atoms with Crippen LogP contribution >= 0.6 is 28.5 Å². The molecule has 1 atom stereocenters. The van der Waals surface area contributed by atoms with E-state index in [0.717, 1.165) is 11.3 Å². The van der Waals surface area contributed by atoms with Crippen LogP contribution in [0.2, 0.25) is 0 Å². The summed E-state index contributed by atoms with van der Waals surface area (Å²) in [4.78, 5) is 12.4. The predicted molar refractivity (Wildman–Crippen MR) is 102 cm³/mol. The number of nitrogens with one attached hydrogen (secondary N) is 2. The molecule has 0 aliphatic carbocycles. The molecule has 3 rings (SSSR count). The molecule has 1 aromatic carbocycles. The average Bonchev–Trinajstić information content (AvgIpc) is 2.60. The van der Waals surface area contributed by atoms with Crippen molar-refractivity contribution in [1.82, 2.24) is 15.8 Å². The van der Waals surface area contributed by atoms with Crippen molar-refractivity contribution in [3.05, 3.63) is 71.3 Å². The fourth-order valence-electron chi connectivity index (χ4n) is 2.49. The molecule has 0 radical (unpaired) electrons. The molecule has 1 unspecified atom stereocenters. The number of fused-ring (bicyclic) bond motifs is 1. The van der Waals surface area contributed by atoms with Gasteiger partial charge in [-0.2, -0.15) is 0 Å². The van der Waals surface area contributed by atoms with Gasteiger partial charge in [0.05, 0.1) is 25.4 Å². The van der Waals surface area contributed by atoms with Crippen LogP contribution in [0, 0.1) is 0 Å². The maximum atomic E-state index is 12.4. The van der Waals surface area contributed by atoms with Crippen molar-refractivity contribution in [3.8, 4) is 0 Å². The topological polar surface area (TPSA) is 62.8 Å². The number of benzene rings is 1. The molecule has 6 nitrogen and oxygen atoms in total. The third-order valence-corrected chi connectivity index (χ3v) is 4.75. The van der Waals surface area contributed by atoms with E-state index in [1.165, 1.54) is 0 Å². The number of rotatable bonds is 6. The van der Waals surface area contributed by atoms with E-state index >= 15 is 0 Å². The summed E-state index contributed by atoms with van der Waals surface area (Å²) in [5.41, 5.74) is 6.07. The van der Waals surface area contributed by atoms with Crippen LogP contribution in [-0.4, -0.2) is 24.2 Å². The molecule has 8 heteroatoms. The molecule has 2 heterocycles. The Morgan fingerprint density at radius 1 is 1.29 bits per heavy atom. The number of nitrogens with zero attached hydrogens (tertiary/aromatic N) is 1. The third kappa shape index (κ3) is 3.80. The smallest absolute Gasteiger partial charge is 0.274 e. The Morgan fingerprint density at radius 3 is 2.83 bits per heavy atom. The van der Waals surface area contributed by atoms with E-state index < -0.39 is 0 Å². The highest BCUT2D eigenvalue weighted by Crippen LogP contribution is 2.32. The van der Waals surface area contributed by atoms with Crippen molar-refractivity contribution in [2.45, 2.75) is 6.61 Å². The molecule has 24 heavy (non-hydrogen) atoms. The van der Waals surface area contributed by atoms with Gasteiger partial charge in [0.1, 0.15) is 6.61 Å². The molecule has 2 aliphatic rings. The molecule has 1 saturated heterocycles. The van der Waals surface area contributed by atoms with Crippen LogP contribution in [0.1, 0.15) is 5.56 Å². The van der Waals surface area contributed by atoms with Crippen LogP contribution in [0.25, 0.3) is 0 Å². The van der Waals surface area contributed by atoms with Gasteiger partial charge in [-0.25, -0.2) is 5.43 Å². The maximum absolute atomic E-state index is 12.4. The highest BCUT2D eigenvalue weighted by molar-refractivity contribution is 14.2. The van der Waals surface area contributed by atoms with Crippen LogP contribution < -0.4 is 10.7 Å². The Labute approximate surface area is 155 Å². The van der Waals surface area contributed by atoms with Gasteiger partial charge in [0.25, 0.3) is 5.91 Å². The average molecular weight is 457 g/mol. The Morgan fingerprint density at radius 2 is 2.08 bits per heavy atom. The van der Waals surface area contributed by atoms with Gasteiger partial charge in [-0.1, -0.05) is 36.9 Å². The quantitative estimate of drug-likeness (QED) is 0.509. The minimum Gasteiger partial charge on any atom is -0.486 e.